The van der Waals surface area contributed by atoms with Gasteiger partial charge in [0.05, 0.1) is 17.8 Å². The SMILES string of the molecule is Cc1nc2ccccn2c1CC(F)(F)F.O. The van der Waals surface area contributed by atoms with Gasteiger partial charge in [0, 0.05) is 6.20 Å². The summed E-state index contributed by atoms with van der Waals surface area (Å²) in [7, 11) is 0. The van der Waals surface area contributed by atoms with Crippen molar-refractivity contribution in [1.29, 1.82) is 0 Å². The van der Waals surface area contributed by atoms with Gasteiger partial charge in [0.1, 0.15) is 5.65 Å². The Morgan fingerprint density at radius 2 is 2.00 bits per heavy atom. The topological polar surface area (TPSA) is 48.8 Å². The van der Waals surface area contributed by atoms with Crippen LogP contribution in [0.5, 0.6) is 0 Å². The van der Waals surface area contributed by atoms with E-state index < -0.39 is 12.6 Å². The van der Waals surface area contributed by atoms with Gasteiger partial charge in [-0.25, -0.2) is 4.98 Å². The molecule has 16 heavy (non-hydrogen) atoms. The molecule has 0 aliphatic heterocycles. The number of pyridine rings is 1. The minimum Gasteiger partial charge on any atom is -0.412 e. The number of aryl methyl sites for hydroxylation is 1. The molecule has 0 saturated heterocycles. The maximum Gasteiger partial charge on any atom is 0.394 e. The van der Waals surface area contributed by atoms with E-state index in [0.29, 0.717) is 11.3 Å². The lowest BCUT2D eigenvalue weighted by atomic mass is 10.2. The number of halogens is 3. The molecule has 0 fully saturated rings. The fourth-order valence-electron chi connectivity index (χ4n) is 1.57. The Morgan fingerprint density at radius 3 is 2.62 bits per heavy atom. The van der Waals surface area contributed by atoms with Crippen molar-refractivity contribution in [3.8, 4) is 0 Å². The van der Waals surface area contributed by atoms with Crippen LogP contribution < -0.4 is 0 Å². The van der Waals surface area contributed by atoms with E-state index in [-0.39, 0.29) is 11.2 Å². The van der Waals surface area contributed by atoms with E-state index in [1.807, 2.05) is 0 Å². The van der Waals surface area contributed by atoms with Crippen LogP contribution in [-0.2, 0) is 6.42 Å². The van der Waals surface area contributed by atoms with Gasteiger partial charge in [0.2, 0.25) is 0 Å². The fourth-order valence-corrected chi connectivity index (χ4v) is 1.57. The van der Waals surface area contributed by atoms with Gasteiger partial charge in [-0.2, -0.15) is 13.2 Å². The summed E-state index contributed by atoms with van der Waals surface area (Å²) in [6.07, 6.45) is -3.54. The van der Waals surface area contributed by atoms with Gasteiger partial charge in [0.15, 0.2) is 0 Å². The Hall–Kier alpha value is -1.56. The van der Waals surface area contributed by atoms with Crippen LogP contribution in [0.2, 0.25) is 0 Å². The van der Waals surface area contributed by atoms with Gasteiger partial charge in [-0.05, 0) is 19.1 Å². The first kappa shape index (κ1) is 12.5. The molecule has 88 valence electrons. The molecule has 0 aliphatic rings. The quantitative estimate of drug-likeness (QED) is 0.741. The first-order valence-corrected chi connectivity index (χ1v) is 4.47. The second-order valence-electron chi connectivity index (χ2n) is 3.36. The zero-order valence-corrected chi connectivity index (χ0v) is 8.54. The summed E-state index contributed by atoms with van der Waals surface area (Å²) < 4.78 is 38.3. The van der Waals surface area contributed by atoms with Crippen molar-refractivity contribution >= 4 is 5.65 Å². The van der Waals surface area contributed by atoms with Crippen molar-refractivity contribution in [2.45, 2.75) is 19.5 Å². The number of nitrogens with zero attached hydrogens (tertiary/aromatic N) is 2. The van der Waals surface area contributed by atoms with Gasteiger partial charge >= 0.3 is 6.18 Å². The highest BCUT2D eigenvalue weighted by molar-refractivity contribution is 5.42. The number of alkyl halides is 3. The van der Waals surface area contributed by atoms with E-state index in [9.17, 15) is 13.2 Å². The van der Waals surface area contributed by atoms with E-state index in [4.69, 9.17) is 0 Å². The third kappa shape index (κ3) is 2.33. The van der Waals surface area contributed by atoms with Crippen LogP contribution >= 0.6 is 0 Å². The summed E-state index contributed by atoms with van der Waals surface area (Å²) in [5.74, 6) is 0. The minimum absolute atomic E-state index is 0. The van der Waals surface area contributed by atoms with Gasteiger partial charge in [0.25, 0.3) is 0 Å². The monoisotopic (exact) mass is 232 g/mol. The molecule has 0 atom stereocenters. The smallest absolute Gasteiger partial charge is 0.394 e. The molecule has 0 bridgehead atoms. The summed E-state index contributed by atoms with van der Waals surface area (Å²) in [6, 6.07) is 5.13. The summed E-state index contributed by atoms with van der Waals surface area (Å²) >= 11 is 0. The van der Waals surface area contributed by atoms with Crippen LogP contribution in [0.3, 0.4) is 0 Å². The molecule has 0 amide bonds. The second-order valence-corrected chi connectivity index (χ2v) is 3.36. The lowest BCUT2D eigenvalue weighted by Crippen LogP contribution is -2.14. The van der Waals surface area contributed by atoms with Gasteiger partial charge < -0.3 is 9.88 Å². The molecule has 3 nitrogen and oxygen atoms in total. The maximum absolute atomic E-state index is 12.3. The first-order valence-electron chi connectivity index (χ1n) is 4.47. The van der Waals surface area contributed by atoms with Crippen LogP contribution in [-0.4, -0.2) is 21.0 Å². The predicted molar refractivity (Wildman–Crippen MR) is 53.3 cm³/mol. The van der Waals surface area contributed by atoms with Gasteiger partial charge in [-0.3, -0.25) is 0 Å². The standard InChI is InChI=1S/C10H9F3N2.H2O/c1-7-8(6-10(11,12)13)15-5-3-2-4-9(15)14-7;/h2-5H,6H2,1H3;1H2. The highest BCUT2D eigenvalue weighted by atomic mass is 19.4. The van der Waals surface area contributed by atoms with Gasteiger partial charge in [-0.1, -0.05) is 6.07 Å². The number of fused-ring (bicyclic) bond motifs is 1. The largest absolute Gasteiger partial charge is 0.412 e. The number of hydrogen-bond acceptors (Lipinski definition) is 1. The van der Waals surface area contributed by atoms with Crippen LogP contribution in [0.4, 0.5) is 13.2 Å². The molecule has 0 saturated carbocycles. The molecule has 2 heterocycles. The molecule has 0 aromatic carbocycles. The number of hydrogen-bond donors (Lipinski definition) is 0. The predicted octanol–water partition coefficient (Wildman–Crippen LogP) is 1.92. The Kier molecular flexibility index (Phi) is 3.23. The second kappa shape index (κ2) is 4.13. The zero-order valence-electron chi connectivity index (χ0n) is 8.54. The minimum atomic E-state index is -4.20. The summed E-state index contributed by atoms with van der Waals surface area (Å²) in [4.78, 5) is 4.06. The maximum atomic E-state index is 12.3. The zero-order chi connectivity index (χ0) is 11.1. The lowest BCUT2D eigenvalue weighted by molar-refractivity contribution is -0.128. The van der Waals surface area contributed by atoms with Crippen LogP contribution in [0.1, 0.15) is 11.4 Å². The van der Waals surface area contributed by atoms with Crippen LogP contribution in [0.15, 0.2) is 24.4 Å². The summed E-state index contributed by atoms with van der Waals surface area (Å²) in [6.45, 7) is 1.59. The van der Waals surface area contributed by atoms with Crippen molar-refractivity contribution in [3.63, 3.8) is 0 Å². The third-order valence-corrected chi connectivity index (χ3v) is 2.20. The molecule has 0 spiro atoms. The van der Waals surface area contributed by atoms with E-state index in [1.165, 1.54) is 4.40 Å². The first-order chi connectivity index (χ1) is 6.97. The number of imidazole rings is 1. The normalized spacial score (nSPS) is 11.5. The van der Waals surface area contributed by atoms with E-state index in [1.54, 1.807) is 31.3 Å². The molecule has 0 aliphatic carbocycles. The molecule has 0 radical (unpaired) electrons. The Morgan fingerprint density at radius 1 is 1.31 bits per heavy atom. The van der Waals surface area contributed by atoms with Crippen LogP contribution in [0, 0.1) is 6.92 Å². The lowest BCUT2D eigenvalue weighted by Gasteiger charge is -2.06. The molecule has 2 rings (SSSR count). The van der Waals surface area contributed by atoms with Crippen molar-refractivity contribution in [2.75, 3.05) is 0 Å². The molecule has 2 N–H and O–H groups in total. The highest BCUT2D eigenvalue weighted by Crippen LogP contribution is 2.23. The third-order valence-electron chi connectivity index (χ3n) is 2.20. The Bertz CT molecular complexity index is 490. The highest BCUT2D eigenvalue weighted by Gasteiger charge is 2.30. The molecule has 6 heteroatoms. The molecule has 2 aromatic heterocycles. The number of rotatable bonds is 1. The average Bonchev–Trinajstić information content (AvgIpc) is 2.41. The fraction of sp³-hybridized carbons (Fsp3) is 0.300. The number of aromatic nitrogens is 2. The van der Waals surface area contributed by atoms with Crippen molar-refractivity contribution in [2.24, 2.45) is 0 Å². The molecule has 0 unspecified atom stereocenters. The average molecular weight is 232 g/mol. The molecular weight excluding hydrogens is 221 g/mol. The molecular formula is C10H11F3N2O. The van der Waals surface area contributed by atoms with E-state index in [2.05, 4.69) is 4.98 Å². The van der Waals surface area contributed by atoms with E-state index >= 15 is 0 Å². The summed E-state index contributed by atoms with van der Waals surface area (Å²) in [5.41, 5.74) is 1.19. The van der Waals surface area contributed by atoms with Gasteiger partial charge in [-0.15, -0.1) is 0 Å². The van der Waals surface area contributed by atoms with Crippen molar-refractivity contribution < 1.29 is 18.6 Å². The van der Waals surface area contributed by atoms with Crippen molar-refractivity contribution in [1.82, 2.24) is 9.38 Å². The van der Waals surface area contributed by atoms with E-state index in [0.717, 1.165) is 0 Å². The van der Waals surface area contributed by atoms with Crippen LogP contribution in [0.25, 0.3) is 5.65 Å². The molecule has 2 aromatic rings. The Labute approximate surface area is 89.8 Å². The Balaban J connectivity index is 0.00000128. The summed E-state index contributed by atoms with van der Waals surface area (Å²) in [5, 5.41) is 0. The van der Waals surface area contributed by atoms with Crippen molar-refractivity contribution in [3.05, 3.63) is 35.8 Å².